The van der Waals surface area contributed by atoms with Gasteiger partial charge in [-0.2, -0.15) is 0 Å². The molecule has 0 bridgehead atoms. The molecule has 2 heterocycles. The molecule has 4 nitrogen and oxygen atoms in total. The second-order valence-corrected chi connectivity index (χ2v) is 6.73. The van der Waals surface area contributed by atoms with Gasteiger partial charge in [-0.05, 0) is 49.9 Å². The molecule has 1 aliphatic carbocycles. The van der Waals surface area contributed by atoms with Gasteiger partial charge in [0.2, 0.25) is 0 Å². The minimum Gasteiger partial charge on any atom is -1.00 e. The minimum absolute atomic E-state index is 0. The summed E-state index contributed by atoms with van der Waals surface area (Å²) < 4.78 is 0. The van der Waals surface area contributed by atoms with Crippen LogP contribution in [0.4, 0.5) is 0 Å². The number of fused-ring (bicyclic) bond motifs is 3. The van der Waals surface area contributed by atoms with E-state index in [-0.39, 0.29) is 58.0 Å². The van der Waals surface area contributed by atoms with Crippen molar-refractivity contribution in [1.82, 2.24) is 9.97 Å². The average molecular weight is 588 g/mol. The second kappa shape index (κ2) is 11.9. The fourth-order valence-corrected chi connectivity index (χ4v) is 3.29. The number of nitrogens with zero attached hydrogens (tertiary/aromatic N) is 2. The molecule has 3 aromatic rings. The summed E-state index contributed by atoms with van der Waals surface area (Å²) in [5.41, 5.74) is 15.8. The number of aromatic nitrogens is 2. The van der Waals surface area contributed by atoms with Gasteiger partial charge in [0.25, 0.3) is 0 Å². The maximum atomic E-state index is 5.65. The Morgan fingerprint density at radius 3 is 1.44 bits per heavy atom. The van der Waals surface area contributed by atoms with Crippen molar-refractivity contribution in [2.24, 2.45) is 11.5 Å². The van der Waals surface area contributed by atoms with Crippen LogP contribution in [0.25, 0.3) is 21.8 Å². The van der Waals surface area contributed by atoms with Gasteiger partial charge in [-0.25, -0.2) is 0 Å². The number of nitrogens with two attached hydrogens (primary N) is 2. The first-order chi connectivity index (χ1) is 11.6. The summed E-state index contributed by atoms with van der Waals surface area (Å²) in [5, 5.41) is 2.38. The molecular formula is C20H26Cl2N4Pt. The smallest absolute Gasteiger partial charge is 1.00 e. The molecule has 27 heavy (non-hydrogen) atoms. The molecule has 0 unspecified atom stereocenters. The third-order valence-corrected chi connectivity index (χ3v) is 4.93. The number of pyridine rings is 2. The van der Waals surface area contributed by atoms with E-state index >= 15 is 0 Å². The van der Waals surface area contributed by atoms with Gasteiger partial charge in [-0.3, -0.25) is 9.97 Å². The zero-order valence-electron chi connectivity index (χ0n) is 15.6. The third kappa shape index (κ3) is 6.10. The van der Waals surface area contributed by atoms with Gasteiger partial charge in [0.15, 0.2) is 0 Å². The maximum Gasteiger partial charge on any atom is 2.00 e. The van der Waals surface area contributed by atoms with Gasteiger partial charge in [-0.15, -0.1) is 0 Å². The summed E-state index contributed by atoms with van der Waals surface area (Å²) >= 11 is 0. The Bertz CT molecular complexity index is 789. The van der Waals surface area contributed by atoms with Crippen LogP contribution >= 0.6 is 0 Å². The zero-order valence-corrected chi connectivity index (χ0v) is 19.4. The number of hydrogen-bond acceptors (Lipinski definition) is 4. The number of hydrogen-bond donors (Lipinski definition) is 2. The van der Waals surface area contributed by atoms with Crippen LogP contribution in [0, 0.1) is 13.8 Å². The molecule has 0 radical (unpaired) electrons. The van der Waals surface area contributed by atoms with Gasteiger partial charge < -0.3 is 36.3 Å². The summed E-state index contributed by atoms with van der Waals surface area (Å²) in [6.07, 6.45) is 8.49. The number of halogens is 2. The van der Waals surface area contributed by atoms with E-state index in [0.717, 1.165) is 23.9 Å². The van der Waals surface area contributed by atoms with Crippen molar-refractivity contribution in [3.8, 4) is 0 Å². The van der Waals surface area contributed by atoms with Crippen molar-refractivity contribution < 1.29 is 45.9 Å². The van der Waals surface area contributed by atoms with Crippen molar-refractivity contribution in [2.45, 2.75) is 51.6 Å². The molecule has 0 aliphatic heterocycles. The van der Waals surface area contributed by atoms with Gasteiger partial charge >= 0.3 is 21.1 Å². The van der Waals surface area contributed by atoms with Crippen LogP contribution in [0.5, 0.6) is 0 Å². The SMILES string of the molecule is Cc1ccnc2c1ccc1c(C)ccnc12.N[C@@H]1CCCC[C@H]1N.[Cl-].[Cl-].[Pt+2]. The molecule has 1 saturated carbocycles. The first-order valence-corrected chi connectivity index (χ1v) is 8.68. The predicted molar refractivity (Wildman–Crippen MR) is 101 cm³/mol. The van der Waals surface area contributed by atoms with E-state index in [4.69, 9.17) is 11.5 Å². The van der Waals surface area contributed by atoms with Gasteiger partial charge in [-0.1, -0.05) is 25.0 Å². The van der Waals surface area contributed by atoms with E-state index < -0.39 is 0 Å². The molecule has 7 heteroatoms. The van der Waals surface area contributed by atoms with Crippen molar-refractivity contribution in [3.05, 3.63) is 47.8 Å². The van der Waals surface area contributed by atoms with Crippen LogP contribution in [-0.4, -0.2) is 22.1 Å². The van der Waals surface area contributed by atoms with Gasteiger partial charge in [0.05, 0.1) is 11.0 Å². The Kier molecular flexibility index (Phi) is 11.6. The molecule has 1 fully saturated rings. The quantitative estimate of drug-likeness (QED) is 0.288. The standard InChI is InChI=1S/C14H12N2.C6H14N2.2ClH.Pt/c1-9-5-7-15-13-11(9)3-4-12-10(2)6-8-16-14(12)13;7-5-3-1-2-4-6(5)8;;;/h3-8H,1-2H3;5-6H,1-4,7-8H2;2*1H;/q;;;;+2/p-2/t;5-,6-;;;/m.1.../s1. The average Bonchev–Trinajstić information content (AvgIpc) is 2.59. The van der Waals surface area contributed by atoms with Crippen LogP contribution in [-0.2, 0) is 21.1 Å². The number of rotatable bonds is 0. The monoisotopic (exact) mass is 587 g/mol. The largest absolute Gasteiger partial charge is 2.00 e. The van der Waals surface area contributed by atoms with Crippen LogP contribution in [0.2, 0.25) is 0 Å². The van der Waals surface area contributed by atoms with Crippen molar-refractivity contribution in [1.29, 1.82) is 0 Å². The molecule has 1 aromatic carbocycles. The zero-order chi connectivity index (χ0) is 17.1. The topological polar surface area (TPSA) is 77.8 Å². The second-order valence-electron chi connectivity index (χ2n) is 6.73. The minimum atomic E-state index is 0. The summed E-state index contributed by atoms with van der Waals surface area (Å²) in [4.78, 5) is 8.90. The van der Waals surface area contributed by atoms with Crippen LogP contribution < -0.4 is 36.3 Å². The first-order valence-electron chi connectivity index (χ1n) is 8.68. The molecule has 2 atom stereocenters. The molecule has 4 N–H and O–H groups in total. The van der Waals surface area contributed by atoms with Crippen LogP contribution in [0.1, 0.15) is 36.8 Å². The van der Waals surface area contributed by atoms with E-state index in [0.29, 0.717) is 0 Å². The normalized spacial score (nSPS) is 18.4. The summed E-state index contributed by atoms with van der Waals surface area (Å²) in [6.45, 7) is 4.21. The van der Waals surface area contributed by atoms with Gasteiger partial charge in [0.1, 0.15) is 0 Å². The molecule has 0 spiro atoms. The molecule has 1 aliphatic rings. The van der Waals surface area contributed by atoms with E-state index in [1.807, 2.05) is 24.5 Å². The molecule has 150 valence electrons. The number of benzene rings is 1. The van der Waals surface area contributed by atoms with E-state index in [2.05, 4.69) is 35.9 Å². The summed E-state index contributed by atoms with van der Waals surface area (Å²) in [6, 6.07) is 8.89. The Morgan fingerprint density at radius 2 is 1.11 bits per heavy atom. The molecule has 4 rings (SSSR count). The van der Waals surface area contributed by atoms with Crippen molar-refractivity contribution in [3.63, 3.8) is 0 Å². The Labute approximate surface area is 188 Å². The fraction of sp³-hybridized carbons (Fsp3) is 0.400. The molecular weight excluding hydrogens is 562 g/mol. The van der Waals surface area contributed by atoms with Crippen LogP contribution in [0.3, 0.4) is 0 Å². The summed E-state index contributed by atoms with van der Waals surface area (Å²) in [7, 11) is 0. The van der Waals surface area contributed by atoms with Crippen molar-refractivity contribution in [2.75, 3.05) is 0 Å². The molecule has 0 amide bonds. The Morgan fingerprint density at radius 1 is 0.741 bits per heavy atom. The number of aryl methyl sites for hydroxylation is 2. The predicted octanol–water partition coefficient (Wildman–Crippen LogP) is -2.38. The van der Waals surface area contributed by atoms with E-state index in [1.165, 1.54) is 34.7 Å². The Balaban J connectivity index is 0.000000535. The molecule has 0 saturated heterocycles. The molecule has 2 aromatic heterocycles. The van der Waals surface area contributed by atoms with Crippen molar-refractivity contribution >= 4 is 21.8 Å². The van der Waals surface area contributed by atoms with Gasteiger partial charge in [0, 0.05) is 35.2 Å². The van der Waals surface area contributed by atoms with E-state index in [9.17, 15) is 0 Å². The third-order valence-electron chi connectivity index (χ3n) is 4.93. The van der Waals surface area contributed by atoms with E-state index in [1.54, 1.807) is 0 Å². The maximum absolute atomic E-state index is 5.65. The first kappa shape index (κ1) is 26.2. The van der Waals surface area contributed by atoms with Crippen LogP contribution in [0.15, 0.2) is 36.7 Å². The Hall–Kier alpha value is -0.772. The fourth-order valence-electron chi connectivity index (χ4n) is 3.29. The summed E-state index contributed by atoms with van der Waals surface area (Å²) in [5.74, 6) is 0.